The maximum Gasteiger partial charge on any atom is 0.165 e. The van der Waals surface area contributed by atoms with Crippen LogP contribution in [0.1, 0.15) is 18.4 Å². The van der Waals surface area contributed by atoms with Gasteiger partial charge in [0.2, 0.25) is 0 Å². The van der Waals surface area contributed by atoms with Crippen LogP contribution in [0, 0.1) is 18.7 Å². The summed E-state index contributed by atoms with van der Waals surface area (Å²) in [6, 6.07) is 3.25. The molecule has 1 heterocycles. The van der Waals surface area contributed by atoms with Gasteiger partial charge in [0.1, 0.15) is 0 Å². The number of aryl methyl sites for hydroxylation is 1. The van der Waals surface area contributed by atoms with Gasteiger partial charge in [-0.3, -0.25) is 4.98 Å². The fourth-order valence-corrected chi connectivity index (χ4v) is 1.97. The van der Waals surface area contributed by atoms with Crippen molar-refractivity contribution in [1.82, 2.24) is 4.98 Å². The molecule has 0 spiro atoms. The summed E-state index contributed by atoms with van der Waals surface area (Å²) in [5.74, 6) is 0.665. The third-order valence-corrected chi connectivity index (χ3v) is 3.20. The van der Waals surface area contributed by atoms with Gasteiger partial charge in [-0.05, 0) is 42.7 Å². The van der Waals surface area contributed by atoms with Crippen LogP contribution >= 0.6 is 0 Å². The van der Waals surface area contributed by atoms with Crippen molar-refractivity contribution in [3.8, 4) is 5.75 Å². The van der Waals surface area contributed by atoms with E-state index >= 15 is 0 Å². The number of aromatic nitrogens is 1. The van der Waals surface area contributed by atoms with Crippen LogP contribution in [0.4, 0.5) is 4.39 Å². The molecule has 1 saturated carbocycles. The minimum Gasteiger partial charge on any atom is -0.490 e. The Morgan fingerprint density at radius 2 is 2.12 bits per heavy atom. The molecule has 3 rings (SSSR count). The van der Waals surface area contributed by atoms with Crippen molar-refractivity contribution in [3.63, 3.8) is 0 Å². The first-order chi connectivity index (χ1) is 8.25. The van der Waals surface area contributed by atoms with Crippen molar-refractivity contribution in [3.05, 3.63) is 35.9 Å². The molecule has 0 N–H and O–H groups in total. The predicted octanol–water partition coefficient (Wildman–Crippen LogP) is 3.47. The Morgan fingerprint density at radius 3 is 2.88 bits per heavy atom. The Bertz CT molecular complexity index is 563. The van der Waals surface area contributed by atoms with Gasteiger partial charge in [0.15, 0.2) is 11.6 Å². The van der Waals surface area contributed by atoms with E-state index in [1.165, 1.54) is 18.9 Å². The van der Waals surface area contributed by atoms with Crippen molar-refractivity contribution in [2.45, 2.75) is 19.8 Å². The Hall–Kier alpha value is -1.64. The Kier molecular flexibility index (Phi) is 2.46. The van der Waals surface area contributed by atoms with Crippen LogP contribution in [0.2, 0.25) is 0 Å². The second kappa shape index (κ2) is 3.99. The van der Waals surface area contributed by atoms with Crippen LogP contribution in [-0.4, -0.2) is 11.6 Å². The van der Waals surface area contributed by atoms with E-state index in [9.17, 15) is 4.39 Å². The predicted molar refractivity (Wildman–Crippen MR) is 64.7 cm³/mol. The van der Waals surface area contributed by atoms with Crippen LogP contribution in [0.25, 0.3) is 10.8 Å². The molecule has 17 heavy (non-hydrogen) atoms. The third-order valence-electron chi connectivity index (χ3n) is 3.20. The summed E-state index contributed by atoms with van der Waals surface area (Å²) in [7, 11) is 0. The number of ether oxygens (including phenoxy) is 1. The highest BCUT2D eigenvalue weighted by Crippen LogP contribution is 2.33. The summed E-state index contributed by atoms with van der Waals surface area (Å²) < 4.78 is 19.4. The Labute approximate surface area is 99.4 Å². The van der Waals surface area contributed by atoms with Gasteiger partial charge in [-0.2, -0.15) is 0 Å². The summed E-state index contributed by atoms with van der Waals surface area (Å²) in [6.07, 6.45) is 5.85. The van der Waals surface area contributed by atoms with Gasteiger partial charge in [-0.25, -0.2) is 4.39 Å². The normalized spacial score (nSPS) is 15.2. The number of rotatable bonds is 3. The summed E-state index contributed by atoms with van der Waals surface area (Å²) in [4.78, 5) is 4.11. The lowest BCUT2D eigenvalue weighted by molar-refractivity contribution is 0.289. The number of hydrogen-bond donors (Lipinski definition) is 0. The zero-order valence-corrected chi connectivity index (χ0v) is 9.74. The Balaban J connectivity index is 2.06. The molecular weight excluding hydrogens is 217 g/mol. The lowest BCUT2D eigenvalue weighted by Gasteiger charge is -2.10. The number of fused-ring (bicyclic) bond motifs is 1. The molecule has 2 nitrogen and oxygen atoms in total. The second-order valence-corrected chi connectivity index (χ2v) is 4.68. The molecule has 3 heteroatoms. The monoisotopic (exact) mass is 231 g/mol. The molecule has 1 fully saturated rings. The third kappa shape index (κ3) is 1.97. The van der Waals surface area contributed by atoms with E-state index in [0.29, 0.717) is 18.3 Å². The average molecular weight is 231 g/mol. The number of pyridine rings is 1. The number of benzene rings is 1. The van der Waals surface area contributed by atoms with Gasteiger partial charge >= 0.3 is 0 Å². The highest BCUT2D eigenvalue weighted by Gasteiger charge is 2.23. The molecule has 1 aromatic heterocycles. The molecule has 1 aliphatic rings. The molecule has 0 bridgehead atoms. The lowest BCUT2D eigenvalue weighted by atomic mass is 10.1. The highest BCUT2D eigenvalue weighted by molar-refractivity contribution is 5.90. The first-order valence-electron chi connectivity index (χ1n) is 5.91. The van der Waals surface area contributed by atoms with Crippen molar-refractivity contribution in [1.29, 1.82) is 0 Å². The summed E-state index contributed by atoms with van der Waals surface area (Å²) >= 11 is 0. The van der Waals surface area contributed by atoms with Crippen LogP contribution in [0.15, 0.2) is 24.5 Å². The van der Waals surface area contributed by atoms with Crippen LogP contribution in [0.3, 0.4) is 0 Å². The zero-order valence-electron chi connectivity index (χ0n) is 9.74. The van der Waals surface area contributed by atoms with Gasteiger partial charge in [0, 0.05) is 17.8 Å². The fourth-order valence-electron chi connectivity index (χ4n) is 1.97. The standard InChI is InChI=1S/C14H14FNO/c1-9-6-16-7-12-11(9)4-5-13(15)14(12)17-8-10-2-3-10/h4-7,10H,2-3,8H2,1H3. The second-order valence-electron chi connectivity index (χ2n) is 4.68. The van der Waals surface area contributed by atoms with E-state index in [-0.39, 0.29) is 5.82 Å². The number of nitrogens with zero attached hydrogens (tertiary/aromatic N) is 1. The first-order valence-corrected chi connectivity index (χ1v) is 5.91. The molecule has 2 aromatic rings. The van der Waals surface area contributed by atoms with Crippen molar-refractivity contribution in [2.24, 2.45) is 5.92 Å². The minimum atomic E-state index is -0.300. The van der Waals surface area contributed by atoms with E-state index < -0.39 is 0 Å². The van der Waals surface area contributed by atoms with Crippen molar-refractivity contribution >= 4 is 10.8 Å². The molecule has 0 aliphatic heterocycles. The highest BCUT2D eigenvalue weighted by atomic mass is 19.1. The molecule has 0 amide bonds. The van der Waals surface area contributed by atoms with Crippen LogP contribution < -0.4 is 4.74 Å². The van der Waals surface area contributed by atoms with E-state index in [2.05, 4.69) is 4.98 Å². The molecule has 0 radical (unpaired) electrons. The maximum absolute atomic E-state index is 13.8. The number of hydrogen-bond acceptors (Lipinski definition) is 2. The van der Waals surface area contributed by atoms with E-state index in [1.807, 2.05) is 6.92 Å². The molecule has 1 aromatic carbocycles. The van der Waals surface area contributed by atoms with Crippen LogP contribution in [0.5, 0.6) is 5.75 Å². The molecular formula is C14H14FNO. The van der Waals surface area contributed by atoms with E-state index in [0.717, 1.165) is 16.3 Å². The Morgan fingerprint density at radius 1 is 1.29 bits per heavy atom. The van der Waals surface area contributed by atoms with E-state index in [4.69, 9.17) is 4.74 Å². The van der Waals surface area contributed by atoms with Gasteiger partial charge in [-0.15, -0.1) is 0 Å². The van der Waals surface area contributed by atoms with Crippen LogP contribution in [-0.2, 0) is 0 Å². The molecule has 88 valence electrons. The van der Waals surface area contributed by atoms with Gasteiger partial charge in [-0.1, -0.05) is 6.07 Å². The fraction of sp³-hybridized carbons (Fsp3) is 0.357. The lowest BCUT2D eigenvalue weighted by Crippen LogP contribution is -2.02. The zero-order chi connectivity index (χ0) is 11.8. The largest absolute Gasteiger partial charge is 0.490 e. The molecule has 0 unspecified atom stereocenters. The van der Waals surface area contributed by atoms with Crippen molar-refractivity contribution < 1.29 is 9.13 Å². The number of halogens is 1. The first kappa shape index (κ1) is 10.5. The molecule has 0 atom stereocenters. The van der Waals surface area contributed by atoms with Gasteiger partial charge in [0.05, 0.1) is 6.61 Å². The van der Waals surface area contributed by atoms with Crippen molar-refractivity contribution in [2.75, 3.05) is 6.61 Å². The summed E-state index contributed by atoms with van der Waals surface area (Å²) in [5, 5.41) is 1.78. The average Bonchev–Trinajstić information content (AvgIpc) is 3.12. The minimum absolute atomic E-state index is 0.300. The topological polar surface area (TPSA) is 22.1 Å². The van der Waals surface area contributed by atoms with Gasteiger partial charge in [0.25, 0.3) is 0 Å². The summed E-state index contributed by atoms with van der Waals surface area (Å²) in [6.45, 7) is 2.59. The SMILES string of the molecule is Cc1cncc2c(OCC3CC3)c(F)ccc12. The van der Waals surface area contributed by atoms with E-state index in [1.54, 1.807) is 18.5 Å². The molecule has 1 aliphatic carbocycles. The molecule has 0 saturated heterocycles. The summed E-state index contributed by atoms with van der Waals surface area (Å²) in [5.41, 5.74) is 1.04. The van der Waals surface area contributed by atoms with Gasteiger partial charge < -0.3 is 4.74 Å². The quantitative estimate of drug-likeness (QED) is 0.807. The smallest absolute Gasteiger partial charge is 0.165 e. The maximum atomic E-state index is 13.8.